The van der Waals surface area contributed by atoms with Gasteiger partial charge < -0.3 is 14.4 Å². The Bertz CT molecular complexity index is 647. The normalized spacial score (nSPS) is 10.6. The maximum absolute atomic E-state index is 11.9. The monoisotopic (exact) mass is 366 g/mol. The van der Waals surface area contributed by atoms with Crippen LogP contribution in [0, 0.1) is 11.3 Å². The molecule has 0 saturated heterocycles. The molecule has 0 bridgehead atoms. The number of esters is 1. The summed E-state index contributed by atoms with van der Waals surface area (Å²) >= 11 is 3.31. The van der Waals surface area contributed by atoms with Gasteiger partial charge in [0.2, 0.25) is 0 Å². The molecule has 0 saturated carbocycles. The van der Waals surface area contributed by atoms with E-state index in [1.807, 2.05) is 6.07 Å². The largest absolute Gasteiger partial charge is 0.481 e. The highest BCUT2D eigenvalue weighted by Gasteiger charge is 2.13. The van der Waals surface area contributed by atoms with E-state index in [4.69, 9.17) is 10.00 Å². The Balaban J connectivity index is 3.16. The summed E-state index contributed by atoms with van der Waals surface area (Å²) in [4.78, 5) is 24.4. The zero-order chi connectivity index (χ0) is 16.7. The van der Waals surface area contributed by atoms with Crippen LogP contribution in [0.3, 0.4) is 0 Å². The van der Waals surface area contributed by atoms with Gasteiger partial charge in [-0.3, -0.25) is 4.79 Å². The topological polar surface area (TPSA) is 79.6 Å². The summed E-state index contributed by atoms with van der Waals surface area (Å²) in [5.74, 6) is -0.572. The molecular formula is C15H15BrN2O4. The van der Waals surface area contributed by atoms with Gasteiger partial charge >= 0.3 is 5.97 Å². The highest BCUT2D eigenvalue weighted by Crippen LogP contribution is 2.26. The first-order chi connectivity index (χ1) is 10.4. The Labute approximate surface area is 137 Å². The van der Waals surface area contributed by atoms with Gasteiger partial charge in [0.25, 0.3) is 5.91 Å². The van der Waals surface area contributed by atoms with Gasteiger partial charge in [-0.2, -0.15) is 5.26 Å². The van der Waals surface area contributed by atoms with Crippen LogP contribution in [-0.4, -0.2) is 44.6 Å². The van der Waals surface area contributed by atoms with E-state index < -0.39 is 11.9 Å². The molecule has 6 nitrogen and oxygen atoms in total. The summed E-state index contributed by atoms with van der Waals surface area (Å²) < 4.78 is 10.6. The summed E-state index contributed by atoms with van der Waals surface area (Å²) in [6, 6.07) is 6.91. The number of hydrogen-bond acceptors (Lipinski definition) is 5. The molecule has 0 heterocycles. The van der Waals surface area contributed by atoms with Gasteiger partial charge in [0.15, 0.2) is 6.61 Å². The lowest BCUT2D eigenvalue weighted by molar-refractivity contribution is -0.142. The molecule has 1 amide bonds. The van der Waals surface area contributed by atoms with Crippen LogP contribution < -0.4 is 4.74 Å². The van der Waals surface area contributed by atoms with Crippen molar-refractivity contribution in [2.45, 2.75) is 0 Å². The van der Waals surface area contributed by atoms with Crippen LogP contribution in [0.1, 0.15) is 5.56 Å². The van der Waals surface area contributed by atoms with Gasteiger partial charge in [-0.1, -0.05) is 15.9 Å². The Morgan fingerprint density at radius 3 is 2.64 bits per heavy atom. The van der Waals surface area contributed by atoms with Crippen molar-refractivity contribution in [3.05, 3.63) is 33.8 Å². The Hall–Kier alpha value is -2.33. The molecule has 7 heteroatoms. The number of nitrogens with zero attached hydrogens (tertiary/aromatic N) is 2. The molecule has 1 rings (SSSR count). The second-order valence-electron chi connectivity index (χ2n) is 4.42. The van der Waals surface area contributed by atoms with Gasteiger partial charge in [-0.05, 0) is 24.3 Å². The second kappa shape index (κ2) is 8.20. The SMILES string of the molecule is COC(=O)COc1ccc(Br)cc1/C=C(/C#N)C(=O)N(C)C. The molecule has 1 aromatic rings. The van der Waals surface area contributed by atoms with E-state index in [1.165, 1.54) is 18.1 Å². The van der Waals surface area contributed by atoms with E-state index >= 15 is 0 Å². The molecule has 0 unspecified atom stereocenters. The van der Waals surface area contributed by atoms with E-state index in [0.717, 1.165) is 4.47 Å². The summed E-state index contributed by atoms with van der Waals surface area (Å²) in [5.41, 5.74) is 0.469. The van der Waals surface area contributed by atoms with Crippen LogP contribution >= 0.6 is 15.9 Å². The van der Waals surface area contributed by atoms with Crippen molar-refractivity contribution in [1.82, 2.24) is 4.90 Å². The quantitative estimate of drug-likeness (QED) is 0.452. The molecule has 0 aromatic heterocycles. The Morgan fingerprint density at radius 1 is 1.41 bits per heavy atom. The summed E-state index contributed by atoms with van der Waals surface area (Å²) in [5, 5.41) is 9.13. The fourth-order valence-electron chi connectivity index (χ4n) is 1.50. The van der Waals surface area contributed by atoms with Crippen LogP contribution in [0.4, 0.5) is 0 Å². The number of rotatable bonds is 5. The third-order valence-electron chi connectivity index (χ3n) is 2.60. The van der Waals surface area contributed by atoms with Crippen molar-refractivity contribution in [3.63, 3.8) is 0 Å². The average molecular weight is 367 g/mol. The van der Waals surface area contributed by atoms with Crippen LogP contribution in [-0.2, 0) is 14.3 Å². The molecule has 0 radical (unpaired) electrons. The number of likely N-dealkylation sites (N-methyl/N-ethyl adjacent to an activating group) is 1. The standard InChI is InChI=1S/C15H15BrN2O4/c1-18(2)15(20)11(8-17)6-10-7-12(16)4-5-13(10)22-9-14(19)21-3/h4-7H,9H2,1-3H3/b11-6-. The van der Waals surface area contributed by atoms with E-state index in [9.17, 15) is 9.59 Å². The van der Waals surface area contributed by atoms with E-state index in [1.54, 1.807) is 32.3 Å². The molecule has 0 aliphatic carbocycles. The molecule has 0 aliphatic heterocycles. The van der Waals surface area contributed by atoms with Gasteiger partial charge in [0.1, 0.15) is 17.4 Å². The molecule has 22 heavy (non-hydrogen) atoms. The lowest BCUT2D eigenvalue weighted by atomic mass is 10.1. The highest BCUT2D eigenvalue weighted by atomic mass is 79.9. The van der Waals surface area contributed by atoms with E-state index in [0.29, 0.717) is 11.3 Å². The minimum atomic E-state index is -0.525. The maximum atomic E-state index is 11.9. The summed E-state index contributed by atoms with van der Waals surface area (Å²) in [6.07, 6.45) is 1.42. The second-order valence-corrected chi connectivity index (χ2v) is 5.33. The number of ether oxygens (including phenoxy) is 2. The predicted octanol–water partition coefficient (Wildman–Crippen LogP) is 2.00. The number of hydrogen-bond donors (Lipinski definition) is 0. The lowest BCUT2D eigenvalue weighted by Crippen LogP contribution is -2.22. The molecular weight excluding hydrogens is 352 g/mol. The Kier molecular flexibility index (Phi) is 6.60. The van der Waals surface area contributed by atoms with Crippen molar-refractivity contribution in [1.29, 1.82) is 5.26 Å². The van der Waals surface area contributed by atoms with Gasteiger partial charge in [0, 0.05) is 24.1 Å². The van der Waals surface area contributed by atoms with Crippen molar-refractivity contribution in [3.8, 4) is 11.8 Å². The van der Waals surface area contributed by atoms with Crippen LogP contribution in [0.25, 0.3) is 6.08 Å². The van der Waals surface area contributed by atoms with Gasteiger partial charge in [-0.25, -0.2) is 4.79 Å². The zero-order valence-electron chi connectivity index (χ0n) is 12.4. The lowest BCUT2D eigenvalue weighted by Gasteiger charge is -2.11. The third-order valence-corrected chi connectivity index (χ3v) is 3.10. The molecule has 0 spiro atoms. The average Bonchev–Trinajstić information content (AvgIpc) is 2.50. The number of carbonyl (C=O) groups is 2. The van der Waals surface area contributed by atoms with Crippen molar-refractivity contribution >= 4 is 33.9 Å². The van der Waals surface area contributed by atoms with Gasteiger partial charge in [-0.15, -0.1) is 0 Å². The van der Waals surface area contributed by atoms with E-state index in [-0.39, 0.29) is 12.2 Å². The van der Waals surface area contributed by atoms with Gasteiger partial charge in [0.05, 0.1) is 7.11 Å². The number of nitriles is 1. The number of amides is 1. The first-order valence-corrected chi connectivity index (χ1v) is 7.01. The number of methoxy groups -OCH3 is 1. The minimum Gasteiger partial charge on any atom is -0.481 e. The molecule has 0 N–H and O–H groups in total. The zero-order valence-corrected chi connectivity index (χ0v) is 14.0. The predicted molar refractivity (Wildman–Crippen MR) is 83.9 cm³/mol. The number of carbonyl (C=O) groups excluding carboxylic acids is 2. The number of halogens is 1. The molecule has 0 fully saturated rings. The highest BCUT2D eigenvalue weighted by molar-refractivity contribution is 9.10. The van der Waals surface area contributed by atoms with E-state index in [2.05, 4.69) is 20.7 Å². The molecule has 1 aromatic carbocycles. The minimum absolute atomic E-state index is 0.0361. The fourth-order valence-corrected chi connectivity index (χ4v) is 1.88. The van der Waals surface area contributed by atoms with Crippen LogP contribution in [0.2, 0.25) is 0 Å². The van der Waals surface area contributed by atoms with Crippen LogP contribution in [0.5, 0.6) is 5.75 Å². The Morgan fingerprint density at radius 2 is 2.09 bits per heavy atom. The first kappa shape index (κ1) is 17.7. The smallest absolute Gasteiger partial charge is 0.343 e. The van der Waals surface area contributed by atoms with Crippen molar-refractivity contribution in [2.75, 3.05) is 27.8 Å². The third kappa shape index (κ3) is 4.90. The molecule has 116 valence electrons. The summed E-state index contributed by atoms with van der Waals surface area (Å²) in [6.45, 7) is -0.261. The summed E-state index contributed by atoms with van der Waals surface area (Å²) in [7, 11) is 4.38. The molecule has 0 aliphatic rings. The maximum Gasteiger partial charge on any atom is 0.343 e. The molecule has 0 atom stereocenters. The number of benzene rings is 1. The van der Waals surface area contributed by atoms with Crippen molar-refractivity contribution in [2.24, 2.45) is 0 Å². The van der Waals surface area contributed by atoms with Crippen molar-refractivity contribution < 1.29 is 19.1 Å². The fraction of sp³-hybridized carbons (Fsp3) is 0.267. The van der Waals surface area contributed by atoms with Crippen LogP contribution in [0.15, 0.2) is 28.2 Å². The first-order valence-electron chi connectivity index (χ1n) is 6.21.